The first-order valence-electron chi connectivity index (χ1n) is 7.55. The third-order valence-electron chi connectivity index (χ3n) is 3.98. The van der Waals surface area contributed by atoms with E-state index in [0.29, 0.717) is 6.61 Å². The predicted molar refractivity (Wildman–Crippen MR) is 82.0 cm³/mol. The van der Waals surface area contributed by atoms with Crippen molar-refractivity contribution in [2.75, 3.05) is 31.1 Å². The van der Waals surface area contributed by atoms with Gasteiger partial charge in [0.1, 0.15) is 0 Å². The number of hydrogen-bond acceptors (Lipinski definition) is 5. The second-order valence-electron chi connectivity index (χ2n) is 5.36. The second-order valence-corrected chi connectivity index (χ2v) is 5.36. The predicted octanol–water partition coefficient (Wildman–Crippen LogP) is 1.46. The zero-order chi connectivity index (χ0) is 15.2. The molecule has 1 heterocycles. The third kappa shape index (κ3) is 3.95. The molecule has 1 fully saturated rings. The Balaban J connectivity index is 1.91. The van der Waals surface area contributed by atoms with E-state index in [4.69, 9.17) is 10.5 Å². The Morgan fingerprint density at radius 1 is 1.38 bits per heavy atom. The summed E-state index contributed by atoms with van der Waals surface area (Å²) in [5.74, 6) is -0.0434. The number of anilines is 1. The van der Waals surface area contributed by atoms with Crippen molar-refractivity contribution in [1.29, 1.82) is 0 Å². The van der Waals surface area contributed by atoms with Crippen LogP contribution in [0.25, 0.3) is 0 Å². The van der Waals surface area contributed by atoms with Crippen LogP contribution in [0, 0.1) is 5.92 Å². The van der Waals surface area contributed by atoms with Crippen molar-refractivity contribution in [2.24, 2.45) is 11.7 Å². The Bertz CT molecular complexity index is 453. The quantitative estimate of drug-likeness (QED) is 0.804. The Hall–Kier alpha value is -1.59. The molecule has 5 nitrogen and oxygen atoms in total. The van der Waals surface area contributed by atoms with Gasteiger partial charge < -0.3 is 20.5 Å². The summed E-state index contributed by atoms with van der Waals surface area (Å²) in [7, 11) is 0. The maximum absolute atomic E-state index is 11.7. The minimum atomic E-state index is -0.603. The van der Waals surface area contributed by atoms with Crippen LogP contribution >= 0.6 is 0 Å². The summed E-state index contributed by atoms with van der Waals surface area (Å²) >= 11 is 0. The number of hydrogen-bond donors (Lipinski definition) is 2. The molecule has 2 rings (SSSR count). The van der Waals surface area contributed by atoms with Crippen molar-refractivity contribution >= 4 is 11.7 Å². The molecule has 0 saturated carbocycles. The van der Waals surface area contributed by atoms with E-state index < -0.39 is 6.10 Å². The molecule has 0 bridgehead atoms. The van der Waals surface area contributed by atoms with E-state index in [-0.39, 0.29) is 18.4 Å². The molecule has 0 aliphatic carbocycles. The summed E-state index contributed by atoms with van der Waals surface area (Å²) in [4.78, 5) is 14.0. The van der Waals surface area contributed by atoms with Crippen molar-refractivity contribution in [1.82, 2.24) is 0 Å². The molecule has 0 radical (unpaired) electrons. The van der Waals surface area contributed by atoms with Gasteiger partial charge in [0.25, 0.3) is 0 Å². The molecule has 1 aromatic rings. The number of rotatable bonds is 5. The molecule has 3 N–H and O–H groups in total. The fourth-order valence-corrected chi connectivity index (χ4v) is 2.68. The average Bonchev–Trinajstić information content (AvgIpc) is 2.54. The van der Waals surface area contributed by atoms with Crippen molar-refractivity contribution in [3.63, 3.8) is 0 Å². The standard InChI is InChI=1S/C16H24N2O3/c1-2-21-16(20)13-7-9-18(10-8-13)14-5-3-12(4-6-14)15(19)11-17/h3-6,13,15,19H,2,7-11,17H2,1H3. The Labute approximate surface area is 125 Å². The number of ether oxygens (including phenoxy) is 1. The maximum Gasteiger partial charge on any atom is 0.309 e. The lowest BCUT2D eigenvalue weighted by atomic mass is 9.96. The van der Waals surface area contributed by atoms with E-state index >= 15 is 0 Å². The van der Waals surface area contributed by atoms with E-state index in [9.17, 15) is 9.90 Å². The highest BCUT2D eigenvalue weighted by atomic mass is 16.5. The number of nitrogens with zero attached hydrogens (tertiary/aromatic N) is 1. The van der Waals surface area contributed by atoms with E-state index in [2.05, 4.69) is 4.90 Å². The van der Waals surface area contributed by atoms with Crippen molar-refractivity contribution in [3.8, 4) is 0 Å². The molecular formula is C16H24N2O3. The Morgan fingerprint density at radius 2 is 2.00 bits per heavy atom. The SMILES string of the molecule is CCOC(=O)C1CCN(c2ccc(C(O)CN)cc2)CC1. The highest BCUT2D eigenvalue weighted by Crippen LogP contribution is 2.25. The van der Waals surface area contributed by atoms with Gasteiger partial charge in [0.2, 0.25) is 0 Å². The zero-order valence-electron chi connectivity index (χ0n) is 12.5. The molecule has 0 aromatic heterocycles. The topological polar surface area (TPSA) is 75.8 Å². The van der Waals surface area contributed by atoms with Crippen LogP contribution in [0.15, 0.2) is 24.3 Å². The van der Waals surface area contributed by atoms with Gasteiger partial charge in [0, 0.05) is 25.3 Å². The molecular weight excluding hydrogens is 268 g/mol. The number of carbonyl (C=O) groups excluding carboxylic acids is 1. The number of piperidine rings is 1. The van der Waals surface area contributed by atoms with E-state index in [1.54, 1.807) is 0 Å². The summed E-state index contributed by atoms with van der Waals surface area (Å²) in [5.41, 5.74) is 7.40. The van der Waals surface area contributed by atoms with E-state index in [1.807, 2.05) is 31.2 Å². The lowest BCUT2D eigenvalue weighted by molar-refractivity contribution is -0.148. The van der Waals surface area contributed by atoms with Gasteiger partial charge >= 0.3 is 5.97 Å². The van der Waals surface area contributed by atoms with E-state index in [0.717, 1.165) is 37.2 Å². The average molecular weight is 292 g/mol. The fraction of sp³-hybridized carbons (Fsp3) is 0.562. The van der Waals surface area contributed by atoms with Gasteiger partial charge in [-0.2, -0.15) is 0 Å². The number of carbonyl (C=O) groups is 1. The molecule has 1 saturated heterocycles. The molecule has 1 aromatic carbocycles. The molecule has 0 spiro atoms. The number of nitrogens with two attached hydrogens (primary N) is 1. The van der Waals surface area contributed by atoms with Crippen LogP contribution in [0.2, 0.25) is 0 Å². The minimum absolute atomic E-state index is 0.0273. The van der Waals surface area contributed by atoms with Crippen LogP contribution in [-0.4, -0.2) is 37.3 Å². The van der Waals surface area contributed by atoms with E-state index in [1.165, 1.54) is 0 Å². The number of benzene rings is 1. The smallest absolute Gasteiger partial charge is 0.309 e. The number of esters is 1. The largest absolute Gasteiger partial charge is 0.466 e. The molecule has 116 valence electrons. The fourth-order valence-electron chi connectivity index (χ4n) is 2.68. The molecule has 1 aliphatic heterocycles. The monoisotopic (exact) mass is 292 g/mol. The van der Waals surface area contributed by atoms with Gasteiger partial charge in [-0.05, 0) is 37.5 Å². The first-order valence-corrected chi connectivity index (χ1v) is 7.55. The van der Waals surface area contributed by atoms with Crippen LogP contribution < -0.4 is 10.6 Å². The van der Waals surface area contributed by atoms with Crippen molar-refractivity contribution in [2.45, 2.75) is 25.9 Å². The molecule has 5 heteroatoms. The van der Waals surface area contributed by atoms with Crippen LogP contribution in [0.5, 0.6) is 0 Å². The summed E-state index contributed by atoms with van der Waals surface area (Å²) < 4.78 is 5.08. The Kier molecular flexibility index (Phi) is 5.59. The zero-order valence-corrected chi connectivity index (χ0v) is 12.5. The van der Waals surface area contributed by atoms with Crippen LogP contribution in [-0.2, 0) is 9.53 Å². The molecule has 21 heavy (non-hydrogen) atoms. The molecule has 0 amide bonds. The summed E-state index contributed by atoms with van der Waals surface area (Å²) in [6.07, 6.45) is 1.05. The first-order chi connectivity index (χ1) is 10.2. The summed E-state index contributed by atoms with van der Waals surface area (Å²) in [6, 6.07) is 7.81. The first kappa shape index (κ1) is 15.8. The highest BCUT2D eigenvalue weighted by Gasteiger charge is 2.26. The van der Waals surface area contributed by atoms with Crippen LogP contribution in [0.3, 0.4) is 0 Å². The number of aliphatic hydroxyl groups excluding tert-OH is 1. The van der Waals surface area contributed by atoms with Crippen molar-refractivity contribution < 1.29 is 14.6 Å². The van der Waals surface area contributed by atoms with Crippen LogP contribution in [0.1, 0.15) is 31.4 Å². The molecule has 1 atom stereocenters. The Morgan fingerprint density at radius 3 is 2.52 bits per heavy atom. The maximum atomic E-state index is 11.7. The molecule has 1 aliphatic rings. The highest BCUT2D eigenvalue weighted by molar-refractivity contribution is 5.72. The van der Waals surface area contributed by atoms with Crippen LogP contribution in [0.4, 0.5) is 5.69 Å². The summed E-state index contributed by atoms with van der Waals surface area (Å²) in [6.45, 7) is 4.21. The second kappa shape index (κ2) is 7.43. The minimum Gasteiger partial charge on any atom is -0.466 e. The lowest BCUT2D eigenvalue weighted by Crippen LogP contribution is -2.36. The summed E-state index contributed by atoms with van der Waals surface area (Å²) in [5, 5.41) is 9.69. The number of aliphatic hydroxyl groups is 1. The normalized spacial score (nSPS) is 17.6. The lowest BCUT2D eigenvalue weighted by Gasteiger charge is -2.32. The van der Waals surface area contributed by atoms with Gasteiger partial charge in [-0.3, -0.25) is 4.79 Å². The van der Waals surface area contributed by atoms with Gasteiger partial charge in [-0.1, -0.05) is 12.1 Å². The van der Waals surface area contributed by atoms with Gasteiger partial charge in [-0.25, -0.2) is 0 Å². The van der Waals surface area contributed by atoms with Gasteiger partial charge in [-0.15, -0.1) is 0 Å². The van der Waals surface area contributed by atoms with Gasteiger partial charge in [0.15, 0.2) is 0 Å². The third-order valence-corrected chi connectivity index (χ3v) is 3.98. The van der Waals surface area contributed by atoms with Gasteiger partial charge in [0.05, 0.1) is 18.6 Å². The molecule has 1 unspecified atom stereocenters. The van der Waals surface area contributed by atoms with Crippen molar-refractivity contribution in [3.05, 3.63) is 29.8 Å².